The fourth-order valence-electron chi connectivity index (χ4n) is 2.41. The van der Waals surface area contributed by atoms with E-state index >= 15 is 0 Å². The quantitative estimate of drug-likeness (QED) is 0.812. The van der Waals surface area contributed by atoms with E-state index in [0.29, 0.717) is 0 Å². The molecule has 4 heteroatoms. The molecule has 18 heavy (non-hydrogen) atoms. The second-order valence-electron chi connectivity index (χ2n) is 6.66. The molecule has 0 aromatic rings. The van der Waals surface area contributed by atoms with Gasteiger partial charge in [0.2, 0.25) is 0 Å². The van der Waals surface area contributed by atoms with Gasteiger partial charge >= 0.3 is 6.09 Å². The van der Waals surface area contributed by atoms with Crippen molar-refractivity contribution >= 4 is 6.09 Å². The van der Waals surface area contributed by atoms with Gasteiger partial charge in [0, 0.05) is 11.6 Å². The van der Waals surface area contributed by atoms with E-state index in [4.69, 9.17) is 10.5 Å². The van der Waals surface area contributed by atoms with E-state index in [-0.39, 0.29) is 17.7 Å². The van der Waals surface area contributed by atoms with Gasteiger partial charge in [0.15, 0.2) is 0 Å². The zero-order chi connectivity index (χ0) is 13.8. The van der Waals surface area contributed by atoms with Crippen molar-refractivity contribution in [2.75, 3.05) is 0 Å². The fourth-order valence-corrected chi connectivity index (χ4v) is 2.41. The number of hydrogen-bond acceptors (Lipinski definition) is 3. The lowest BCUT2D eigenvalue weighted by Gasteiger charge is -2.26. The molecule has 0 bridgehead atoms. The maximum atomic E-state index is 11.6. The molecule has 1 rings (SSSR count). The molecule has 1 aliphatic carbocycles. The third kappa shape index (κ3) is 5.71. The lowest BCUT2D eigenvalue weighted by molar-refractivity contribution is 0.0504. The summed E-state index contributed by atoms with van der Waals surface area (Å²) >= 11 is 0. The summed E-state index contributed by atoms with van der Waals surface area (Å²) in [6.45, 7) is 7.60. The number of nitrogens with two attached hydrogens (primary N) is 1. The Morgan fingerprint density at radius 1 is 1.39 bits per heavy atom. The van der Waals surface area contributed by atoms with Crippen LogP contribution in [0.5, 0.6) is 0 Å². The highest BCUT2D eigenvalue weighted by atomic mass is 16.6. The Bertz CT molecular complexity index is 278. The van der Waals surface area contributed by atoms with Crippen LogP contribution in [0.15, 0.2) is 0 Å². The van der Waals surface area contributed by atoms with Crippen LogP contribution in [0.3, 0.4) is 0 Å². The smallest absolute Gasteiger partial charge is 0.407 e. The van der Waals surface area contributed by atoms with Crippen LogP contribution in [0.4, 0.5) is 4.79 Å². The normalized spacial score (nSPS) is 20.5. The summed E-state index contributed by atoms with van der Waals surface area (Å²) in [7, 11) is 0. The first kappa shape index (κ1) is 15.3. The molecule has 4 nitrogen and oxygen atoms in total. The summed E-state index contributed by atoms with van der Waals surface area (Å²) in [6.07, 6.45) is 6.26. The monoisotopic (exact) mass is 256 g/mol. The molecule has 1 amide bonds. The molecule has 0 heterocycles. The minimum absolute atomic E-state index is 0.00384. The van der Waals surface area contributed by atoms with Crippen molar-refractivity contribution in [3.05, 3.63) is 0 Å². The highest BCUT2D eigenvalue weighted by Gasteiger charge is 2.29. The highest BCUT2D eigenvalue weighted by Crippen LogP contribution is 2.31. The molecular weight excluding hydrogens is 228 g/mol. The van der Waals surface area contributed by atoms with Crippen LogP contribution in [0.2, 0.25) is 0 Å². The molecule has 1 fully saturated rings. The molecule has 1 unspecified atom stereocenters. The fraction of sp³-hybridized carbons (Fsp3) is 0.929. The van der Waals surface area contributed by atoms with Gasteiger partial charge in [0.25, 0.3) is 0 Å². The number of carbonyl (C=O) groups is 1. The molecule has 0 aliphatic heterocycles. The Hall–Kier alpha value is -0.770. The second kappa shape index (κ2) is 5.91. The molecule has 3 N–H and O–H groups in total. The van der Waals surface area contributed by atoms with E-state index in [1.807, 2.05) is 27.7 Å². The van der Waals surface area contributed by atoms with Crippen LogP contribution in [0.25, 0.3) is 0 Å². The van der Waals surface area contributed by atoms with Gasteiger partial charge in [-0.2, -0.15) is 0 Å². The van der Waals surface area contributed by atoms with E-state index in [2.05, 4.69) is 5.32 Å². The van der Waals surface area contributed by atoms with Crippen molar-refractivity contribution in [2.24, 2.45) is 5.73 Å². The predicted molar refractivity (Wildman–Crippen MR) is 73.5 cm³/mol. The number of alkyl carbamates (subject to hydrolysis) is 1. The van der Waals surface area contributed by atoms with Crippen LogP contribution in [-0.2, 0) is 4.74 Å². The largest absolute Gasteiger partial charge is 0.444 e. The first-order valence-corrected chi connectivity index (χ1v) is 6.99. The molecule has 1 aliphatic rings. The van der Waals surface area contributed by atoms with Crippen LogP contribution in [0, 0.1) is 0 Å². The van der Waals surface area contributed by atoms with Crippen LogP contribution in [-0.4, -0.2) is 23.3 Å². The number of amides is 1. The summed E-state index contributed by atoms with van der Waals surface area (Å²) in [5, 5.41) is 2.86. The van der Waals surface area contributed by atoms with E-state index < -0.39 is 5.60 Å². The Morgan fingerprint density at radius 3 is 2.44 bits per heavy atom. The highest BCUT2D eigenvalue weighted by molar-refractivity contribution is 5.67. The maximum Gasteiger partial charge on any atom is 0.407 e. The molecule has 0 aromatic carbocycles. The van der Waals surface area contributed by atoms with Crippen molar-refractivity contribution in [3.63, 3.8) is 0 Å². The van der Waals surface area contributed by atoms with Gasteiger partial charge in [-0.1, -0.05) is 12.8 Å². The molecule has 0 saturated heterocycles. The Kier molecular flexibility index (Phi) is 5.02. The van der Waals surface area contributed by atoms with Gasteiger partial charge in [-0.3, -0.25) is 0 Å². The van der Waals surface area contributed by atoms with Gasteiger partial charge < -0.3 is 15.8 Å². The lowest BCUT2D eigenvalue weighted by Crippen LogP contribution is -2.41. The number of nitrogens with one attached hydrogen (secondary N) is 1. The van der Waals surface area contributed by atoms with Gasteiger partial charge in [0.05, 0.1) is 0 Å². The SMILES string of the molecule is CC(CCC1(N)CCCC1)NC(=O)OC(C)(C)C. The molecule has 0 radical (unpaired) electrons. The molecule has 1 atom stereocenters. The molecular formula is C14H28N2O2. The minimum atomic E-state index is -0.440. The summed E-state index contributed by atoms with van der Waals surface area (Å²) in [5.41, 5.74) is 5.86. The van der Waals surface area contributed by atoms with Crippen molar-refractivity contribution in [2.45, 2.75) is 83.4 Å². The summed E-state index contributed by atoms with van der Waals surface area (Å²) < 4.78 is 5.22. The van der Waals surface area contributed by atoms with E-state index in [1.165, 1.54) is 12.8 Å². The average molecular weight is 256 g/mol. The zero-order valence-corrected chi connectivity index (χ0v) is 12.2. The number of ether oxygens (including phenoxy) is 1. The Labute approximate surface area is 111 Å². The van der Waals surface area contributed by atoms with E-state index in [9.17, 15) is 4.79 Å². The van der Waals surface area contributed by atoms with Crippen LogP contribution < -0.4 is 11.1 Å². The second-order valence-corrected chi connectivity index (χ2v) is 6.66. The molecule has 0 spiro atoms. The minimum Gasteiger partial charge on any atom is -0.444 e. The van der Waals surface area contributed by atoms with Crippen molar-refractivity contribution in [1.82, 2.24) is 5.32 Å². The third-order valence-electron chi connectivity index (χ3n) is 3.44. The van der Waals surface area contributed by atoms with Crippen molar-refractivity contribution in [1.29, 1.82) is 0 Å². The zero-order valence-electron chi connectivity index (χ0n) is 12.2. The van der Waals surface area contributed by atoms with Gasteiger partial charge in [-0.25, -0.2) is 4.79 Å². The standard InChI is InChI=1S/C14H28N2O2/c1-11(16-12(17)18-13(2,3)4)7-10-14(15)8-5-6-9-14/h11H,5-10,15H2,1-4H3,(H,16,17). The summed E-state index contributed by atoms with van der Waals surface area (Å²) in [6, 6.07) is 0.112. The molecule has 1 saturated carbocycles. The van der Waals surface area contributed by atoms with E-state index in [0.717, 1.165) is 25.7 Å². The maximum absolute atomic E-state index is 11.6. The van der Waals surface area contributed by atoms with Crippen molar-refractivity contribution in [3.8, 4) is 0 Å². The molecule has 0 aromatic heterocycles. The van der Waals surface area contributed by atoms with Crippen LogP contribution in [0.1, 0.15) is 66.2 Å². The average Bonchev–Trinajstić information content (AvgIpc) is 2.60. The number of rotatable bonds is 4. The lowest BCUT2D eigenvalue weighted by atomic mass is 9.91. The predicted octanol–water partition coefficient (Wildman–Crippen LogP) is 2.95. The first-order chi connectivity index (χ1) is 8.20. The molecule has 106 valence electrons. The number of hydrogen-bond donors (Lipinski definition) is 2. The van der Waals surface area contributed by atoms with Crippen molar-refractivity contribution < 1.29 is 9.53 Å². The van der Waals surface area contributed by atoms with Gasteiger partial charge in [-0.15, -0.1) is 0 Å². The van der Waals surface area contributed by atoms with Gasteiger partial charge in [-0.05, 0) is 53.4 Å². The Balaban J connectivity index is 2.25. The van der Waals surface area contributed by atoms with Gasteiger partial charge in [0.1, 0.15) is 5.60 Å². The number of carbonyl (C=O) groups excluding carboxylic acids is 1. The van der Waals surface area contributed by atoms with Crippen LogP contribution >= 0.6 is 0 Å². The third-order valence-corrected chi connectivity index (χ3v) is 3.44. The summed E-state index contributed by atoms with van der Waals surface area (Å²) in [4.78, 5) is 11.6. The Morgan fingerprint density at radius 2 is 1.94 bits per heavy atom. The van der Waals surface area contributed by atoms with E-state index in [1.54, 1.807) is 0 Å². The topological polar surface area (TPSA) is 64.3 Å². The summed E-state index contributed by atoms with van der Waals surface area (Å²) in [5.74, 6) is 0. The first-order valence-electron chi connectivity index (χ1n) is 6.99.